The number of morpholine rings is 1. The predicted molar refractivity (Wildman–Crippen MR) is 115 cm³/mol. The third-order valence-electron chi connectivity index (χ3n) is 5.73. The number of aromatic nitrogens is 3. The van der Waals surface area contributed by atoms with E-state index in [0.29, 0.717) is 0 Å². The number of piperidine rings is 1. The summed E-state index contributed by atoms with van der Waals surface area (Å²) in [5.41, 5.74) is 11.2. The van der Waals surface area contributed by atoms with Gasteiger partial charge in [0, 0.05) is 55.9 Å². The topological polar surface area (TPSA) is 80.4 Å². The first-order chi connectivity index (χ1) is 14.3. The van der Waals surface area contributed by atoms with Crippen LogP contribution in [0.5, 0.6) is 0 Å². The average Bonchev–Trinajstić information content (AvgIpc) is 2.79. The van der Waals surface area contributed by atoms with E-state index < -0.39 is 0 Å². The molecule has 1 aromatic carbocycles. The van der Waals surface area contributed by atoms with Gasteiger partial charge in [0.15, 0.2) is 5.82 Å². The summed E-state index contributed by atoms with van der Waals surface area (Å²) >= 11 is 0. The van der Waals surface area contributed by atoms with Crippen molar-refractivity contribution in [1.29, 1.82) is 0 Å². The van der Waals surface area contributed by atoms with Crippen LogP contribution < -0.4 is 15.5 Å². The van der Waals surface area contributed by atoms with Gasteiger partial charge in [-0.1, -0.05) is 12.1 Å². The monoisotopic (exact) mass is 390 g/mol. The van der Waals surface area contributed by atoms with E-state index in [0.717, 1.165) is 80.3 Å². The molecular formula is C22H26N6O. The number of nitrogens with two attached hydrogens (primary N) is 1. The van der Waals surface area contributed by atoms with Gasteiger partial charge in [-0.2, -0.15) is 0 Å². The molecule has 2 saturated heterocycles. The molecule has 7 nitrogen and oxygen atoms in total. The molecule has 0 saturated carbocycles. The zero-order chi connectivity index (χ0) is 19.6. The highest BCUT2D eigenvalue weighted by atomic mass is 16.5. The van der Waals surface area contributed by atoms with Crippen LogP contribution in [-0.2, 0) is 4.74 Å². The Morgan fingerprint density at radius 2 is 1.76 bits per heavy atom. The van der Waals surface area contributed by atoms with Crippen LogP contribution in [0, 0.1) is 0 Å². The van der Waals surface area contributed by atoms with E-state index in [9.17, 15) is 0 Å². The second-order valence-electron chi connectivity index (χ2n) is 7.75. The molecule has 2 aliphatic rings. The quantitative estimate of drug-likeness (QED) is 0.736. The highest BCUT2D eigenvalue weighted by Crippen LogP contribution is 2.30. The van der Waals surface area contributed by atoms with Gasteiger partial charge in [-0.15, -0.1) is 0 Å². The van der Waals surface area contributed by atoms with Crippen LogP contribution in [0.4, 0.5) is 11.5 Å². The van der Waals surface area contributed by atoms with E-state index in [2.05, 4.69) is 44.0 Å². The Labute approximate surface area is 170 Å². The Bertz CT molecular complexity index is 986. The second-order valence-corrected chi connectivity index (χ2v) is 7.75. The van der Waals surface area contributed by atoms with Crippen LogP contribution in [0.3, 0.4) is 0 Å². The Morgan fingerprint density at radius 1 is 0.966 bits per heavy atom. The number of benzene rings is 1. The zero-order valence-corrected chi connectivity index (χ0v) is 16.5. The number of fused-ring (bicyclic) bond motifs is 1. The van der Waals surface area contributed by atoms with Crippen LogP contribution in [-0.4, -0.2) is 60.4 Å². The van der Waals surface area contributed by atoms with Crippen molar-refractivity contribution in [3.05, 3.63) is 42.7 Å². The first-order valence-corrected chi connectivity index (χ1v) is 10.3. The molecule has 0 amide bonds. The molecule has 29 heavy (non-hydrogen) atoms. The number of hydrogen-bond acceptors (Lipinski definition) is 7. The number of hydrogen-bond donors (Lipinski definition) is 1. The van der Waals surface area contributed by atoms with E-state index >= 15 is 0 Å². The van der Waals surface area contributed by atoms with Gasteiger partial charge in [-0.05, 0) is 31.0 Å². The van der Waals surface area contributed by atoms with Gasteiger partial charge in [-0.25, -0.2) is 9.97 Å². The zero-order valence-electron chi connectivity index (χ0n) is 16.5. The molecule has 3 aromatic rings. The summed E-state index contributed by atoms with van der Waals surface area (Å²) in [6.07, 6.45) is 5.60. The van der Waals surface area contributed by atoms with Crippen LogP contribution in [0.2, 0.25) is 0 Å². The molecule has 1 atom stereocenters. The number of nitrogens with zero attached hydrogens (tertiary/aromatic N) is 5. The van der Waals surface area contributed by atoms with Crippen LogP contribution in [0.1, 0.15) is 12.8 Å². The second kappa shape index (κ2) is 7.93. The summed E-state index contributed by atoms with van der Waals surface area (Å²) in [6.45, 7) is 5.19. The largest absolute Gasteiger partial charge is 0.378 e. The van der Waals surface area contributed by atoms with E-state index in [4.69, 9.17) is 15.5 Å². The van der Waals surface area contributed by atoms with Crippen molar-refractivity contribution in [1.82, 2.24) is 15.0 Å². The molecular weight excluding hydrogens is 364 g/mol. The van der Waals surface area contributed by atoms with Gasteiger partial charge in [0.1, 0.15) is 5.52 Å². The number of ether oxygens (including phenoxy) is 1. The summed E-state index contributed by atoms with van der Waals surface area (Å²) in [5, 5.41) is 0. The molecule has 0 aliphatic carbocycles. The lowest BCUT2D eigenvalue weighted by Crippen LogP contribution is -2.43. The predicted octanol–water partition coefficient (Wildman–Crippen LogP) is 2.46. The maximum absolute atomic E-state index is 6.22. The first kappa shape index (κ1) is 18.3. The molecule has 0 bridgehead atoms. The summed E-state index contributed by atoms with van der Waals surface area (Å²) in [7, 11) is 0. The van der Waals surface area contributed by atoms with Crippen molar-refractivity contribution in [2.24, 2.45) is 5.73 Å². The van der Waals surface area contributed by atoms with E-state index in [1.54, 1.807) is 12.4 Å². The molecule has 4 heterocycles. The lowest BCUT2D eigenvalue weighted by Gasteiger charge is -2.32. The number of rotatable bonds is 3. The van der Waals surface area contributed by atoms with Crippen molar-refractivity contribution in [2.75, 3.05) is 49.2 Å². The van der Waals surface area contributed by atoms with E-state index in [-0.39, 0.29) is 6.04 Å². The summed E-state index contributed by atoms with van der Waals surface area (Å²) < 4.78 is 5.46. The fourth-order valence-corrected chi connectivity index (χ4v) is 4.19. The van der Waals surface area contributed by atoms with Crippen LogP contribution >= 0.6 is 0 Å². The van der Waals surface area contributed by atoms with E-state index in [1.165, 1.54) is 5.69 Å². The lowest BCUT2D eigenvalue weighted by molar-refractivity contribution is 0.122. The van der Waals surface area contributed by atoms with Crippen molar-refractivity contribution in [3.63, 3.8) is 0 Å². The summed E-state index contributed by atoms with van der Waals surface area (Å²) in [4.78, 5) is 18.7. The maximum atomic E-state index is 6.22. The molecule has 2 aromatic heterocycles. The third kappa shape index (κ3) is 3.75. The summed E-state index contributed by atoms with van der Waals surface area (Å²) in [6, 6.07) is 10.8. The molecule has 0 spiro atoms. The number of pyridine rings is 1. The lowest BCUT2D eigenvalue weighted by atomic mass is 10.1. The Hall–Kier alpha value is -2.77. The minimum absolute atomic E-state index is 0.175. The maximum Gasteiger partial charge on any atom is 0.157 e. The van der Waals surface area contributed by atoms with Crippen molar-refractivity contribution in [3.8, 4) is 11.3 Å². The van der Waals surface area contributed by atoms with E-state index in [1.807, 2.05) is 6.07 Å². The highest BCUT2D eigenvalue weighted by Gasteiger charge is 2.22. The molecule has 2 aliphatic heterocycles. The third-order valence-corrected chi connectivity index (χ3v) is 5.73. The minimum atomic E-state index is 0.175. The molecule has 2 fully saturated rings. The normalized spacial score (nSPS) is 20.2. The number of anilines is 2. The Kier molecular flexibility index (Phi) is 4.99. The van der Waals surface area contributed by atoms with Crippen LogP contribution in [0.25, 0.3) is 22.3 Å². The molecule has 1 unspecified atom stereocenters. The molecule has 2 N–H and O–H groups in total. The standard InChI is InChI=1S/C22H26N6O/c23-17-2-1-9-28(15-17)22-21-20(24-7-8-25-21)14-19(26-22)16-3-5-18(6-4-16)27-10-12-29-13-11-27/h3-8,14,17H,1-2,9-13,15,23H2. The van der Waals surface area contributed by atoms with Gasteiger partial charge >= 0.3 is 0 Å². The first-order valence-electron chi connectivity index (χ1n) is 10.3. The summed E-state index contributed by atoms with van der Waals surface area (Å²) in [5.74, 6) is 0.887. The minimum Gasteiger partial charge on any atom is -0.378 e. The van der Waals surface area contributed by atoms with Crippen molar-refractivity contribution < 1.29 is 4.74 Å². The van der Waals surface area contributed by atoms with Crippen LogP contribution in [0.15, 0.2) is 42.7 Å². The van der Waals surface area contributed by atoms with Gasteiger partial charge < -0.3 is 20.3 Å². The molecule has 150 valence electrons. The van der Waals surface area contributed by atoms with Gasteiger partial charge in [0.25, 0.3) is 0 Å². The van der Waals surface area contributed by atoms with Crippen molar-refractivity contribution >= 4 is 22.5 Å². The highest BCUT2D eigenvalue weighted by molar-refractivity contribution is 5.89. The molecule has 5 rings (SSSR count). The fraction of sp³-hybridized carbons (Fsp3) is 0.409. The average molecular weight is 390 g/mol. The van der Waals surface area contributed by atoms with Gasteiger partial charge in [0.05, 0.1) is 24.4 Å². The van der Waals surface area contributed by atoms with Gasteiger partial charge in [-0.3, -0.25) is 4.98 Å². The molecule has 7 heteroatoms. The molecule has 0 radical (unpaired) electrons. The Balaban J connectivity index is 1.51. The smallest absolute Gasteiger partial charge is 0.157 e. The van der Waals surface area contributed by atoms with Crippen molar-refractivity contribution in [2.45, 2.75) is 18.9 Å². The Morgan fingerprint density at radius 3 is 2.55 bits per heavy atom. The SMILES string of the molecule is NC1CCCN(c2nc(-c3ccc(N4CCOCC4)cc3)cc3nccnc23)C1. The van der Waals surface area contributed by atoms with Gasteiger partial charge in [0.2, 0.25) is 0 Å². The fourth-order valence-electron chi connectivity index (χ4n) is 4.19.